The van der Waals surface area contributed by atoms with Gasteiger partial charge >= 0.3 is 0 Å². The molecule has 1 saturated heterocycles. The number of amidine groups is 1. The molecule has 18 heavy (non-hydrogen) atoms. The zero-order valence-corrected chi connectivity index (χ0v) is 12.3. The lowest BCUT2D eigenvalue weighted by atomic mass is 10.2. The number of amides is 1. The monoisotopic (exact) mass is 291 g/mol. The second kappa shape index (κ2) is 4.73. The predicted molar refractivity (Wildman–Crippen MR) is 72.6 cm³/mol. The lowest BCUT2D eigenvalue weighted by Gasteiger charge is -2.20. The minimum absolute atomic E-state index is 0.0285. The second-order valence-corrected chi connectivity index (χ2v) is 7.91. The van der Waals surface area contributed by atoms with Crippen LogP contribution in [0, 0.1) is 0 Å². The predicted octanol–water partition coefficient (Wildman–Crippen LogP) is -0.725. The van der Waals surface area contributed by atoms with E-state index >= 15 is 0 Å². The molecule has 8 heteroatoms. The van der Waals surface area contributed by atoms with Crippen molar-refractivity contribution < 1.29 is 13.2 Å². The average molecular weight is 291 g/mol. The summed E-state index contributed by atoms with van der Waals surface area (Å²) >= 11 is 1.38. The van der Waals surface area contributed by atoms with Gasteiger partial charge in [0.1, 0.15) is 0 Å². The van der Waals surface area contributed by atoms with E-state index in [2.05, 4.69) is 4.99 Å². The Hall–Kier alpha value is -0.760. The third-order valence-corrected chi connectivity index (χ3v) is 5.93. The van der Waals surface area contributed by atoms with Gasteiger partial charge in [0.2, 0.25) is 5.91 Å². The van der Waals surface area contributed by atoms with E-state index < -0.39 is 9.84 Å². The van der Waals surface area contributed by atoms with Gasteiger partial charge < -0.3 is 9.80 Å². The van der Waals surface area contributed by atoms with E-state index in [1.54, 1.807) is 14.1 Å². The van der Waals surface area contributed by atoms with Gasteiger partial charge in [-0.3, -0.25) is 9.79 Å². The highest BCUT2D eigenvalue weighted by molar-refractivity contribution is 8.14. The number of likely N-dealkylation sites (N-methyl/N-ethyl adjacent to an activating group) is 1. The number of hydrogen-bond donors (Lipinski definition) is 0. The Labute approximate surface area is 111 Å². The largest absolute Gasteiger partial charge is 0.348 e. The summed E-state index contributed by atoms with van der Waals surface area (Å²) in [7, 11) is 2.33. The van der Waals surface area contributed by atoms with Crippen LogP contribution in [0.3, 0.4) is 0 Å². The molecule has 0 aromatic rings. The maximum atomic E-state index is 11.5. The van der Waals surface area contributed by atoms with Gasteiger partial charge in [-0.1, -0.05) is 11.8 Å². The number of aliphatic imine (C=N–C) groups is 1. The number of sulfone groups is 1. The quantitative estimate of drug-likeness (QED) is 0.671. The molecule has 6 nitrogen and oxygen atoms in total. The number of fused-ring (bicyclic) bond motifs is 1. The Bertz CT molecular complexity index is 487. The summed E-state index contributed by atoms with van der Waals surface area (Å²) in [6.45, 7) is 0. The minimum atomic E-state index is -2.94. The van der Waals surface area contributed by atoms with Crippen molar-refractivity contribution in [2.45, 2.75) is 12.1 Å². The number of rotatable bonds is 2. The van der Waals surface area contributed by atoms with Crippen LogP contribution in [0.25, 0.3) is 0 Å². The van der Waals surface area contributed by atoms with Gasteiger partial charge in [0.25, 0.3) is 0 Å². The average Bonchev–Trinajstić information content (AvgIpc) is 2.70. The van der Waals surface area contributed by atoms with E-state index in [-0.39, 0.29) is 29.5 Å². The Kier molecular flexibility index (Phi) is 3.59. The van der Waals surface area contributed by atoms with E-state index in [4.69, 9.17) is 0 Å². The summed E-state index contributed by atoms with van der Waals surface area (Å²) in [5.74, 6) is 0.667. The fourth-order valence-electron chi connectivity index (χ4n) is 2.07. The van der Waals surface area contributed by atoms with E-state index in [0.717, 1.165) is 5.17 Å². The Morgan fingerprint density at radius 1 is 1.50 bits per heavy atom. The number of carbonyl (C=O) groups excluding carboxylic acids is 1. The maximum absolute atomic E-state index is 11.5. The van der Waals surface area contributed by atoms with Crippen LogP contribution in [0.2, 0.25) is 0 Å². The smallest absolute Gasteiger partial charge is 0.232 e. The number of thioether (sulfide) groups is 1. The van der Waals surface area contributed by atoms with Crippen LogP contribution in [0.15, 0.2) is 4.99 Å². The van der Waals surface area contributed by atoms with E-state index in [1.165, 1.54) is 16.7 Å². The summed E-state index contributed by atoms with van der Waals surface area (Å²) in [5.41, 5.74) is 0. The van der Waals surface area contributed by atoms with Crippen LogP contribution >= 0.6 is 11.8 Å². The first kappa shape index (κ1) is 13.7. The first-order valence-electron chi connectivity index (χ1n) is 5.64. The van der Waals surface area contributed by atoms with Crippen LogP contribution in [0.5, 0.6) is 0 Å². The van der Waals surface area contributed by atoms with Crippen molar-refractivity contribution in [1.29, 1.82) is 0 Å². The fourth-order valence-corrected chi connectivity index (χ4v) is 5.05. The molecule has 0 spiro atoms. The number of carbonyl (C=O) groups is 1. The molecule has 1 fully saturated rings. The SMILES string of the molecule is CN(C)C(=O)CSC1=N[C@@H]2CS(=O)(=O)C[C@H]2N1C. The van der Waals surface area contributed by atoms with Crippen molar-refractivity contribution in [3.05, 3.63) is 0 Å². The van der Waals surface area contributed by atoms with Gasteiger partial charge in [-0.05, 0) is 0 Å². The molecule has 1 amide bonds. The van der Waals surface area contributed by atoms with Crippen molar-refractivity contribution in [3.63, 3.8) is 0 Å². The first-order chi connectivity index (χ1) is 8.30. The highest BCUT2D eigenvalue weighted by Crippen LogP contribution is 2.29. The third-order valence-electron chi connectivity index (χ3n) is 3.19. The number of hydrogen-bond acceptors (Lipinski definition) is 6. The molecule has 2 atom stereocenters. The topological polar surface area (TPSA) is 70.0 Å². The Balaban J connectivity index is 1.99. The lowest BCUT2D eigenvalue weighted by molar-refractivity contribution is -0.125. The molecule has 0 aliphatic carbocycles. The second-order valence-electron chi connectivity index (χ2n) is 4.81. The van der Waals surface area contributed by atoms with E-state index in [9.17, 15) is 13.2 Å². The van der Waals surface area contributed by atoms with E-state index in [0.29, 0.717) is 5.75 Å². The molecule has 2 rings (SSSR count). The molecule has 0 saturated carbocycles. The molecular weight excluding hydrogens is 274 g/mol. The van der Waals surface area contributed by atoms with Gasteiger partial charge in [0.15, 0.2) is 15.0 Å². The lowest BCUT2D eigenvalue weighted by Crippen LogP contribution is -2.36. The standard InChI is InChI=1S/C10H17N3O3S2/c1-12(2)9(14)4-17-10-11-7-5-18(15,16)6-8(7)13(10)3/h7-8H,4-6H2,1-3H3/t7-,8-/m1/s1. The minimum Gasteiger partial charge on any atom is -0.348 e. The molecule has 102 valence electrons. The van der Waals surface area contributed by atoms with Gasteiger partial charge in [0.05, 0.1) is 29.3 Å². The molecule has 0 aromatic carbocycles. The zero-order valence-electron chi connectivity index (χ0n) is 10.7. The third kappa shape index (κ3) is 2.64. The molecular formula is C10H17N3O3S2. The van der Waals surface area contributed by atoms with Crippen LogP contribution in [0.1, 0.15) is 0 Å². The molecule has 2 aliphatic rings. The molecule has 0 N–H and O–H groups in total. The molecule has 0 radical (unpaired) electrons. The van der Waals surface area contributed by atoms with Crippen molar-refractivity contribution in [2.24, 2.45) is 4.99 Å². The van der Waals surface area contributed by atoms with Gasteiger partial charge in [0, 0.05) is 21.1 Å². The number of nitrogens with zero attached hydrogens (tertiary/aromatic N) is 3. The van der Waals surface area contributed by atoms with Crippen molar-refractivity contribution >= 4 is 32.7 Å². The Morgan fingerprint density at radius 2 is 2.17 bits per heavy atom. The van der Waals surface area contributed by atoms with Gasteiger partial charge in [-0.15, -0.1) is 0 Å². The fraction of sp³-hybridized carbons (Fsp3) is 0.800. The summed E-state index contributed by atoms with van der Waals surface area (Å²) in [5, 5.41) is 0.773. The summed E-state index contributed by atoms with van der Waals surface area (Å²) in [6.07, 6.45) is 0. The summed E-state index contributed by atoms with van der Waals surface area (Å²) < 4.78 is 23.0. The van der Waals surface area contributed by atoms with Crippen LogP contribution < -0.4 is 0 Å². The summed E-state index contributed by atoms with van der Waals surface area (Å²) in [4.78, 5) is 19.3. The normalized spacial score (nSPS) is 29.1. The van der Waals surface area contributed by atoms with Crippen molar-refractivity contribution in [1.82, 2.24) is 9.80 Å². The van der Waals surface area contributed by atoms with Crippen LogP contribution in [0.4, 0.5) is 0 Å². The highest BCUT2D eigenvalue weighted by atomic mass is 32.2. The van der Waals surface area contributed by atoms with Gasteiger partial charge in [-0.25, -0.2) is 8.42 Å². The van der Waals surface area contributed by atoms with Crippen molar-refractivity contribution in [2.75, 3.05) is 38.4 Å². The Morgan fingerprint density at radius 3 is 2.72 bits per heavy atom. The first-order valence-corrected chi connectivity index (χ1v) is 8.45. The molecule has 0 unspecified atom stereocenters. The van der Waals surface area contributed by atoms with Crippen molar-refractivity contribution in [3.8, 4) is 0 Å². The molecule has 0 aromatic heterocycles. The molecule has 0 bridgehead atoms. The molecule has 2 heterocycles. The maximum Gasteiger partial charge on any atom is 0.232 e. The van der Waals surface area contributed by atoms with Gasteiger partial charge in [-0.2, -0.15) is 0 Å². The van der Waals surface area contributed by atoms with Crippen LogP contribution in [-0.4, -0.2) is 79.8 Å². The van der Waals surface area contributed by atoms with E-state index in [1.807, 2.05) is 11.9 Å². The highest BCUT2D eigenvalue weighted by Gasteiger charge is 2.45. The zero-order chi connectivity index (χ0) is 13.5. The van der Waals surface area contributed by atoms with Crippen LogP contribution in [-0.2, 0) is 14.6 Å². The molecule has 2 aliphatic heterocycles. The summed E-state index contributed by atoms with van der Waals surface area (Å²) in [6, 6.07) is -0.205.